The molecule has 2 aromatic carbocycles. The van der Waals surface area contributed by atoms with E-state index in [2.05, 4.69) is 4.90 Å². The minimum atomic E-state index is -0.0793. The number of rotatable bonds is 7. The second-order valence-electron chi connectivity index (χ2n) is 8.21. The van der Waals surface area contributed by atoms with Crippen LogP contribution in [0.2, 0.25) is 0 Å². The Hall–Kier alpha value is -3.30. The zero-order valence-electron chi connectivity index (χ0n) is 19.4. The lowest BCUT2D eigenvalue weighted by atomic mass is 10.2. The van der Waals surface area contributed by atoms with E-state index in [0.29, 0.717) is 35.7 Å². The third-order valence-corrected chi connectivity index (χ3v) is 7.93. The summed E-state index contributed by atoms with van der Waals surface area (Å²) in [6, 6.07) is 19.3. The number of thiophene rings is 1. The molecule has 1 aliphatic heterocycles. The zero-order valence-corrected chi connectivity index (χ0v) is 21.1. The van der Waals surface area contributed by atoms with Crippen molar-refractivity contribution in [3.05, 3.63) is 81.3 Å². The number of methoxy groups -OCH3 is 1. The number of piperazine rings is 1. The van der Waals surface area contributed by atoms with Crippen LogP contribution in [0.1, 0.15) is 4.88 Å². The molecular weight excluding hydrogens is 480 g/mol. The van der Waals surface area contributed by atoms with Crippen molar-refractivity contribution in [2.24, 2.45) is 0 Å². The van der Waals surface area contributed by atoms with Crippen molar-refractivity contribution < 1.29 is 9.53 Å². The molecule has 5 rings (SSSR count). The number of ether oxygens (including phenoxy) is 1. The topological polar surface area (TPSA) is 67.7 Å². The molecule has 3 heterocycles. The number of carbonyl (C=O) groups excluding carboxylic acids is 1. The highest BCUT2D eigenvalue weighted by molar-refractivity contribution is 7.99. The van der Waals surface area contributed by atoms with Crippen LogP contribution in [0.15, 0.2) is 76.0 Å². The Morgan fingerprint density at radius 2 is 1.80 bits per heavy atom. The van der Waals surface area contributed by atoms with Crippen LogP contribution in [0.4, 0.5) is 5.69 Å². The molecule has 0 N–H and O–H groups in total. The molecule has 9 heteroatoms. The van der Waals surface area contributed by atoms with Gasteiger partial charge in [0.25, 0.3) is 5.56 Å². The summed E-state index contributed by atoms with van der Waals surface area (Å²) in [4.78, 5) is 36.3. The first-order valence-corrected chi connectivity index (χ1v) is 13.3. The molecule has 4 aromatic rings. The van der Waals surface area contributed by atoms with Gasteiger partial charge in [0, 0.05) is 31.1 Å². The SMILES string of the molecule is COc1ccccc1N1CCN(C(=O)CSc2nc3ccccc3c(=O)n2Cc2cccs2)CC1. The zero-order chi connectivity index (χ0) is 24.2. The first-order chi connectivity index (χ1) is 17.1. The second kappa shape index (κ2) is 10.5. The Morgan fingerprint density at radius 3 is 2.57 bits per heavy atom. The van der Waals surface area contributed by atoms with Gasteiger partial charge < -0.3 is 14.5 Å². The molecule has 0 spiro atoms. The van der Waals surface area contributed by atoms with Gasteiger partial charge >= 0.3 is 0 Å². The Kier molecular flexibility index (Phi) is 7.06. The fourth-order valence-corrected chi connectivity index (χ4v) is 5.86. The third-order valence-electron chi connectivity index (χ3n) is 6.10. The van der Waals surface area contributed by atoms with Crippen LogP contribution in [-0.4, -0.2) is 59.4 Å². The summed E-state index contributed by atoms with van der Waals surface area (Å²) in [6.45, 7) is 3.22. The molecule has 7 nitrogen and oxygen atoms in total. The summed E-state index contributed by atoms with van der Waals surface area (Å²) in [6.07, 6.45) is 0. The predicted octanol–water partition coefficient (Wildman–Crippen LogP) is 3.96. The van der Waals surface area contributed by atoms with Crippen LogP contribution in [0.25, 0.3) is 10.9 Å². The molecule has 1 saturated heterocycles. The van der Waals surface area contributed by atoms with Gasteiger partial charge in [-0.05, 0) is 35.7 Å². The molecule has 35 heavy (non-hydrogen) atoms. The van der Waals surface area contributed by atoms with Gasteiger partial charge in [-0.1, -0.05) is 42.1 Å². The lowest BCUT2D eigenvalue weighted by Crippen LogP contribution is -2.49. The van der Waals surface area contributed by atoms with E-state index in [4.69, 9.17) is 9.72 Å². The van der Waals surface area contributed by atoms with E-state index in [-0.39, 0.29) is 17.2 Å². The number of amides is 1. The molecule has 0 radical (unpaired) electrons. The van der Waals surface area contributed by atoms with Crippen LogP contribution >= 0.6 is 23.1 Å². The minimum absolute atomic E-state index is 0.0553. The molecule has 0 aliphatic carbocycles. The van der Waals surface area contributed by atoms with E-state index in [1.54, 1.807) is 29.1 Å². The van der Waals surface area contributed by atoms with Gasteiger partial charge in [-0.25, -0.2) is 4.98 Å². The van der Waals surface area contributed by atoms with E-state index in [1.807, 2.05) is 64.9 Å². The van der Waals surface area contributed by atoms with E-state index >= 15 is 0 Å². The molecule has 1 aliphatic rings. The summed E-state index contributed by atoms with van der Waals surface area (Å²) in [5.74, 6) is 1.14. The predicted molar refractivity (Wildman–Crippen MR) is 142 cm³/mol. The van der Waals surface area contributed by atoms with Gasteiger partial charge in [0.15, 0.2) is 5.16 Å². The molecule has 1 amide bonds. The Balaban J connectivity index is 1.29. The summed E-state index contributed by atoms with van der Waals surface area (Å²) in [5.41, 5.74) is 1.62. The van der Waals surface area contributed by atoms with Crippen LogP contribution < -0.4 is 15.2 Å². The molecule has 1 fully saturated rings. The Morgan fingerprint density at radius 1 is 1.03 bits per heavy atom. The normalized spacial score (nSPS) is 13.9. The number of hydrogen-bond donors (Lipinski definition) is 0. The van der Waals surface area contributed by atoms with Gasteiger partial charge in [-0.15, -0.1) is 11.3 Å². The Labute approximate surface area is 212 Å². The first kappa shape index (κ1) is 23.4. The molecule has 0 atom stereocenters. The quantitative estimate of drug-likeness (QED) is 0.279. The average Bonchev–Trinajstić information content (AvgIpc) is 3.42. The number of carbonyl (C=O) groups is 1. The van der Waals surface area contributed by atoms with Crippen LogP contribution in [0.3, 0.4) is 0 Å². The minimum Gasteiger partial charge on any atom is -0.495 e. The van der Waals surface area contributed by atoms with Crippen LogP contribution in [0.5, 0.6) is 5.75 Å². The fraction of sp³-hybridized carbons (Fsp3) is 0.269. The van der Waals surface area contributed by atoms with Crippen LogP contribution in [-0.2, 0) is 11.3 Å². The number of hydrogen-bond acceptors (Lipinski definition) is 7. The molecule has 2 aromatic heterocycles. The smallest absolute Gasteiger partial charge is 0.262 e. The number of nitrogens with zero attached hydrogens (tertiary/aromatic N) is 4. The lowest BCUT2D eigenvalue weighted by Gasteiger charge is -2.36. The first-order valence-electron chi connectivity index (χ1n) is 11.4. The molecule has 0 saturated carbocycles. The second-order valence-corrected chi connectivity index (χ2v) is 10.2. The average molecular weight is 507 g/mol. The highest BCUT2D eigenvalue weighted by Gasteiger charge is 2.23. The van der Waals surface area contributed by atoms with Crippen molar-refractivity contribution in [1.29, 1.82) is 0 Å². The van der Waals surface area contributed by atoms with E-state index in [9.17, 15) is 9.59 Å². The van der Waals surface area contributed by atoms with Crippen LogP contribution in [0, 0.1) is 0 Å². The maximum atomic E-state index is 13.2. The van der Waals surface area contributed by atoms with E-state index < -0.39 is 0 Å². The molecule has 180 valence electrons. The number of thioether (sulfide) groups is 1. The monoisotopic (exact) mass is 506 g/mol. The largest absolute Gasteiger partial charge is 0.495 e. The van der Waals surface area contributed by atoms with Crippen molar-refractivity contribution in [2.75, 3.05) is 43.9 Å². The van der Waals surface area contributed by atoms with Crippen molar-refractivity contribution in [1.82, 2.24) is 14.5 Å². The van der Waals surface area contributed by atoms with Gasteiger partial charge in [0.05, 0.1) is 36.0 Å². The summed E-state index contributed by atoms with van der Waals surface area (Å²) in [7, 11) is 1.68. The number of aromatic nitrogens is 2. The maximum Gasteiger partial charge on any atom is 0.262 e. The van der Waals surface area contributed by atoms with E-state index in [1.165, 1.54) is 11.8 Å². The van der Waals surface area contributed by atoms with Crippen molar-refractivity contribution in [3.8, 4) is 5.75 Å². The molecular formula is C26H26N4O3S2. The highest BCUT2D eigenvalue weighted by atomic mass is 32.2. The van der Waals surface area contributed by atoms with Crippen molar-refractivity contribution in [2.45, 2.75) is 11.7 Å². The molecule has 0 unspecified atom stereocenters. The fourth-order valence-electron chi connectivity index (χ4n) is 4.26. The van der Waals surface area contributed by atoms with Gasteiger partial charge in [-0.3, -0.25) is 14.2 Å². The highest BCUT2D eigenvalue weighted by Crippen LogP contribution is 2.28. The van der Waals surface area contributed by atoms with Gasteiger partial charge in [-0.2, -0.15) is 0 Å². The molecule has 0 bridgehead atoms. The van der Waals surface area contributed by atoms with Gasteiger partial charge in [0.2, 0.25) is 5.91 Å². The number of benzene rings is 2. The third kappa shape index (κ3) is 5.06. The van der Waals surface area contributed by atoms with Gasteiger partial charge in [0.1, 0.15) is 5.75 Å². The van der Waals surface area contributed by atoms with E-state index in [0.717, 1.165) is 29.4 Å². The number of fused-ring (bicyclic) bond motifs is 1. The van der Waals surface area contributed by atoms with Crippen molar-refractivity contribution in [3.63, 3.8) is 0 Å². The Bertz CT molecular complexity index is 1380. The standard InChI is InChI=1S/C26H26N4O3S2/c1-33-23-11-5-4-10-22(23)28-12-14-29(15-13-28)24(31)18-35-26-27-21-9-3-2-8-20(21)25(32)30(26)17-19-7-6-16-34-19/h2-11,16H,12-15,17-18H2,1H3. The van der Waals surface area contributed by atoms with Crippen molar-refractivity contribution >= 4 is 45.6 Å². The summed E-state index contributed by atoms with van der Waals surface area (Å²) < 4.78 is 7.18. The number of anilines is 1. The summed E-state index contributed by atoms with van der Waals surface area (Å²) >= 11 is 2.94. The maximum absolute atomic E-state index is 13.2. The lowest BCUT2D eigenvalue weighted by molar-refractivity contribution is -0.128. The number of para-hydroxylation sites is 3. The summed E-state index contributed by atoms with van der Waals surface area (Å²) in [5, 5.41) is 3.16.